The Morgan fingerprint density at radius 2 is 2.27 bits per heavy atom. The highest BCUT2D eigenvalue weighted by atomic mass is 79.9. The molecule has 1 unspecified atom stereocenters. The summed E-state index contributed by atoms with van der Waals surface area (Å²) in [4.78, 5) is 0. The van der Waals surface area contributed by atoms with Gasteiger partial charge in [-0.1, -0.05) is 12.2 Å². The van der Waals surface area contributed by atoms with Crippen LogP contribution < -0.4 is 5.32 Å². The number of nitrogens with one attached hydrogen (secondary N) is 1. The van der Waals surface area contributed by atoms with E-state index in [0.29, 0.717) is 10.5 Å². The normalized spacial score (nSPS) is 20.3. The number of allylic oxidation sites excluding steroid dienone is 1. The summed E-state index contributed by atoms with van der Waals surface area (Å²) in [6.07, 6.45) is 7.91. The van der Waals surface area contributed by atoms with Crippen LogP contribution in [0, 0.1) is 5.82 Å². The van der Waals surface area contributed by atoms with E-state index in [1.54, 1.807) is 12.1 Å². The minimum atomic E-state index is -0.222. The van der Waals surface area contributed by atoms with E-state index in [0.717, 1.165) is 12.1 Å². The van der Waals surface area contributed by atoms with Crippen LogP contribution in [0.2, 0.25) is 0 Å². The standard InChI is InChI=1S/C12H13BrFN/c13-11-8-10(6-7-12(11)14)15-9-4-2-1-3-5-9/h2,4,6-9,15H,1,3,5H2. The SMILES string of the molecule is Fc1ccc(NC2C=CCCC2)cc1Br. The van der Waals surface area contributed by atoms with Crippen LogP contribution in [-0.2, 0) is 0 Å². The largest absolute Gasteiger partial charge is 0.379 e. The molecule has 1 aromatic rings. The maximum atomic E-state index is 13.0. The van der Waals surface area contributed by atoms with Gasteiger partial charge < -0.3 is 5.32 Å². The first kappa shape index (κ1) is 10.7. The van der Waals surface area contributed by atoms with Crippen molar-refractivity contribution in [3.63, 3.8) is 0 Å². The average Bonchev–Trinajstić information content (AvgIpc) is 2.25. The van der Waals surface area contributed by atoms with Crippen LogP contribution in [0.3, 0.4) is 0 Å². The molecule has 1 atom stereocenters. The van der Waals surface area contributed by atoms with Crippen molar-refractivity contribution in [2.45, 2.75) is 25.3 Å². The van der Waals surface area contributed by atoms with Crippen molar-refractivity contribution in [1.29, 1.82) is 0 Å². The third kappa shape index (κ3) is 2.81. The third-order valence-corrected chi connectivity index (χ3v) is 3.13. The van der Waals surface area contributed by atoms with Gasteiger partial charge in [-0.05, 0) is 53.4 Å². The molecule has 0 heterocycles. The summed E-state index contributed by atoms with van der Waals surface area (Å²) in [6.45, 7) is 0. The molecule has 15 heavy (non-hydrogen) atoms. The molecule has 1 aromatic carbocycles. The quantitative estimate of drug-likeness (QED) is 0.797. The zero-order valence-corrected chi connectivity index (χ0v) is 9.93. The van der Waals surface area contributed by atoms with E-state index in [-0.39, 0.29) is 5.82 Å². The van der Waals surface area contributed by atoms with E-state index in [1.807, 2.05) is 0 Å². The molecule has 3 heteroatoms. The predicted molar refractivity (Wildman–Crippen MR) is 64.5 cm³/mol. The third-order valence-electron chi connectivity index (χ3n) is 2.53. The second-order valence-corrected chi connectivity index (χ2v) is 4.59. The molecule has 0 aliphatic heterocycles. The molecular formula is C12H13BrFN. The summed E-state index contributed by atoms with van der Waals surface area (Å²) in [7, 11) is 0. The van der Waals surface area contributed by atoms with Gasteiger partial charge in [0.15, 0.2) is 0 Å². The topological polar surface area (TPSA) is 12.0 Å². The molecule has 0 spiro atoms. The second-order valence-electron chi connectivity index (χ2n) is 3.74. The summed E-state index contributed by atoms with van der Waals surface area (Å²) < 4.78 is 13.5. The maximum Gasteiger partial charge on any atom is 0.137 e. The molecule has 0 radical (unpaired) electrons. The van der Waals surface area contributed by atoms with E-state index in [4.69, 9.17) is 0 Å². The van der Waals surface area contributed by atoms with E-state index in [9.17, 15) is 4.39 Å². The Bertz CT molecular complexity index is 376. The molecule has 1 N–H and O–H groups in total. The monoisotopic (exact) mass is 269 g/mol. The summed E-state index contributed by atoms with van der Waals surface area (Å²) in [5.41, 5.74) is 0.958. The Morgan fingerprint density at radius 1 is 1.40 bits per heavy atom. The van der Waals surface area contributed by atoms with Crippen molar-refractivity contribution in [3.05, 3.63) is 40.6 Å². The number of hydrogen-bond donors (Lipinski definition) is 1. The number of benzene rings is 1. The van der Waals surface area contributed by atoms with Gasteiger partial charge in [-0.2, -0.15) is 0 Å². The van der Waals surface area contributed by atoms with Gasteiger partial charge in [0.25, 0.3) is 0 Å². The van der Waals surface area contributed by atoms with Gasteiger partial charge in [-0.3, -0.25) is 0 Å². The number of hydrogen-bond acceptors (Lipinski definition) is 1. The lowest BCUT2D eigenvalue weighted by atomic mass is 10.0. The van der Waals surface area contributed by atoms with Crippen molar-refractivity contribution in [1.82, 2.24) is 0 Å². The first-order valence-corrected chi connectivity index (χ1v) is 5.93. The van der Waals surface area contributed by atoms with Crippen molar-refractivity contribution < 1.29 is 4.39 Å². The zero-order valence-electron chi connectivity index (χ0n) is 8.34. The van der Waals surface area contributed by atoms with E-state index in [1.165, 1.54) is 18.9 Å². The molecule has 0 aromatic heterocycles. The highest BCUT2D eigenvalue weighted by Gasteiger charge is 2.08. The van der Waals surface area contributed by atoms with Gasteiger partial charge in [0.05, 0.1) is 4.47 Å². The lowest BCUT2D eigenvalue weighted by Crippen LogP contribution is -2.18. The molecule has 0 fully saturated rings. The second kappa shape index (κ2) is 4.79. The molecule has 1 nitrogen and oxygen atoms in total. The molecule has 0 amide bonds. The van der Waals surface area contributed by atoms with Crippen LogP contribution in [-0.4, -0.2) is 6.04 Å². The number of rotatable bonds is 2. The van der Waals surface area contributed by atoms with Crippen LogP contribution in [0.4, 0.5) is 10.1 Å². The predicted octanol–water partition coefficient (Wildman–Crippen LogP) is 4.11. The summed E-state index contributed by atoms with van der Waals surface area (Å²) in [5.74, 6) is -0.222. The van der Waals surface area contributed by atoms with Gasteiger partial charge in [-0.15, -0.1) is 0 Å². The van der Waals surface area contributed by atoms with Crippen LogP contribution in [0.5, 0.6) is 0 Å². The van der Waals surface area contributed by atoms with E-state index < -0.39 is 0 Å². The fraction of sp³-hybridized carbons (Fsp3) is 0.333. The maximum absolute atomic E-state index is 13.0. The molecule has 80 valence electrons. The van der Waals surface area contributed by atoms with Gasteiger partial charge in [0.2, 0.25) is 0 Å². The van der Waals surface area contributed by atoms with E-state index in [2.05, 4.69) is 33.4 Å². The Balaban J connectivity index is 2.07. The van der Waals surface area contributed by atoms with Crippen LogP contribution in [0.25, 0.3) is 0 Å². The minimum Gasteiger partial charge on any atom is -0.379 e. The van der Waals surface area contributed by atoms with E-state index >= 15 is 0 Å². The average molecular weight is 270 g/mol. The smallest absolute Gasteiger partial charge is 0.137 e. The first-order valence-electron chi connectivity index (χ1n) is 5.14. The van der Waals surface area contributed by atoms with Crippen LogP contribution in [0.15, 0.2) is 34.8 Å². The van der Waals surface area contributed by atoms with Crippen LogP contribution in [0.1, 0.15) is 19.3 Å². The number of anilines is 1. The Kier molecular flexibility index (Phi) is 3.41. The van der Waals surface area contributed by atoms with Gasteiger partial charge in [0, 0.05) is 11.7 Å². The minimum absolute atomic E-state index is 0.222. The van der Waals surface area contributed by atoms with Crippen molar-refractivity contribution in [2.24, 2.45) is 0 Å². The van der Waals surface area contributed by atoms with Crippen molar-refractivity contribution in [3.8, 4) is 0 Å². The summed E-state index contributed by atoms with van der Waals surface area (Å²) in [5, 5.41) is 3.37. The Labute approximate surface area is 97.5 Å². The van der Waals surface area contributed by atoms with Crippen molar-refractivity contribution in [2.75, 3.05) is 5.32 Å². The summed E-state index contributed by atoms with van der Waals surface area (Å²) >= 11 is 3.18. The highest BCUT2D eigenvalue weighted by Crippen LogP contribution is 2.22. The fourth-order valence-electron chi connectivity index (χ4n) is 1.73. The zero-order chi connectivity index (χ0) is 10.7. The fourth-order valence-corrected chi connectivity index (χ4v) is 2.11. The lowest BCUT2D eigenvalue weighted by Gasteiger charge is -2.19. The Hall–Kier alpha value is -0.830. The first-order chi connectivity index (χ1) is 7.25. The molecule has 1 aliphatic rings. The number of halogens is 2. The van der Waals surface area contributed by atoms with Gasteiger partial charge in [0.1, 0.15) is 5.82 Å². The molecule has 2 rings (SSSR count). The molecule has 1 aliphatic carbocycles. The van der Waals surface area contributed by atoms with Gasteiger partial charge in [-0.25, -0.2) is 4.39 Å². The Morgan fingerprint density at radius 3 is 2.93 bits per heavy atom. The van der Waals surface area contributed by atoms with Crippen LogP contribution >= 0.6 is 15.9 Å². The molecule has 0 saturated carbocycles. The molecular weight excluding hydrogens is 257 g/mol. The highest BCUT2D eigenvalue weighted by molar-refractivity contribution is 9.10. The summed E-state index contributed by atoms with van der Waals surface area (Å²) in [6, 6.07) is 5.40. The molecule has 0 saturated heterocycles. The molecule has 0 bridgehead atoms. The lowest BCUT2D eigenvalue weighted by molar-refractivity contribution is 0.621. The van der Waals surface area contributed by atoms with Crippen molar-refractivity contribution >= 4 is 21.6 Å². The van der Waals surface area contributed by atoms with Gasteiger partial charge >= 0.3 is 0 Å².